The maximum Gasteiger partial charge on any atom is 0.260 e. The summed E-state index contributed by atoms with van der Waals surface area (Å²) in [5.41, 5.74) is 3.25. The first-order valence-electron chi connectivity index (χ1n) is 4.81. The van der Waals surface area contributed by atoms with Crippen LogP contribution in [0.4, 0.5) is 11.5 Å². The number of nitrogens with one attached hydrogen (secondary N) is 2. The van der Waals surface area contributed by atoms with E-state index in [1.54, 1.807) is 18.2 Å². The highest BCUT2D eigenvalue weighted by Crippen LogP contribution is 2.13. The normalized spacial score (nSPS) is 9.71. The highest BCUT2D eigenvalue weighted by Gasteiger charge is 2.11. The summed E-state index contributed by atoms with van der Waals surface area (Å²) in [5.74, 6) is 5.31. The molecule has 2 aromatic heterocycles. The molecule has 0 saturated heterocycles. The van der Waals surface area contributed by atoms with E-state index in [0.29, 0.717) is 17.1 Å². The van der Waals surface area contributed by atoms with Gasteiger partial charge in [-0.15, -0.1) is 5.10 Å². The second-order valence-electron chi connectivity index (χ2n) is 3.13. The Morgan fingerprint density at radius 2 is 2.18 bits per heavy atom. The van der Waals surface area contributed by atoms with Crippen LogP contribution in [0, 0.1) is 0 Å². The van der Waals surface area contributed by atoms with Crippen LogP contribution in [0.15, 0.2) is 36.8 Å². The smallest absolute Gasteiger partial charge is 0.260 e. The minimum atomic E-state index is -0.355. The molecular formula is C10H10N6O. The van der Waals surface area contributed by atoms with Crippen molar-refractivity contribution in [2.45, 2.75) is 0 Å². The van der Waals surface area contributed by atoms with Gasteiger partial charge in [0, 0.05) is 18.6 Å². The number of rotatable bonds is 3. The van der Waals surface area contributed by atoms with Gasteiger partial charge in [0.1, 0.15) is 0 Å². The highest BCUT2D eigenvalue weighted by atomic mass is 16.1. The first kappa shape index (κ1) is 11.0. The molecule has 0 saturated carbocycles. The first-order valence-corrected chi connectivity index (χ1v) is 4.81. The number of anilines is 2. The number of carbonyl (C=O) groups is 1. The fourth-order valence-electron chi connectivity index (χ4n) is 1.25. The van der Waals surface area contributed by atoms with E-state index in [0.717, 1.165) is 0 Å². The Balaban J connectivity index is 2.20. The van der Waals surface area contributed by atoms with Crippen LogP contribution in [0.5, 0.6) is 0 Å². The first-order chi connectivity index (χ1) is 8.31. The second kappa shape index (κ2) is 4.99. The Bertz CT molecular complexity index is 515. The third kappa shape index (κ3) is 2.52. The SMILES string of the molecule is NNc1ccncc1C(=O)Nc1cccnn1. The summed E-state index contributed by atoms with van der Waals surface area (Å²) >= 11 is 0. The lowest BCUT2D eigenvalue weighted by Crippen LogP contribution is -2.18. The summed E-state index contributed by atoms with van der Waals surface area (Å²) in [6.07, 6.45) is 4.47. The van der Waals surface area contributed by atoms with Gasteiger partial charge in [-0.05, 0) is 18.2 Å². The zero-order chi connectivity index (χ0) is 12.1. The predicted molar refractivity (Wildman–Crippen MR) is 62.0 cm³/mol. The quantitative estimate of drug-likeness (QED) is 0.521. The molecular weight excluding hydrogens is 220 g/mol. The van der Waals surface area contributed by atoms with Gasteiger partial charge in [-0.2, -0.15) is 5.10 Å². The maximum absolute atomic E-state index is 11.9. The number of aromatic nitrogens is 3. The average Bonchev–Trinajstić information content (AvgIpc) is 2.40. The Hall–Kier alpha value is -2.54. The molecule has 86 valence electrons. The van der Waals surface area contributed by atoms with Crippen LogP contribution in [-0.4, -0.2) is 21.1 Å². The number of nitrogens with zero attached hydrogens (tertiary/aromatic N) is 3. The van der Waals surface area contributed by atoms with Crippen LogP contribution in [0.3, 0.4) is 0 Å². The largest absolute Gasteiger partial charge is 0.323 e. The van der Waals surface area contributed by atoms with E-state index in [-0.39, 0.29) is 5.91 Å². The van der Waals surface area contributed by atoms with E-state index in [4.69, 9.17) is 5.84 Å². The molecule has 17 heavy (non-hydrogen) atoms. The number of nitrogens with two attached hydrogens (primary N) is 1. The summed E-state index contributed by atoms with van der Waals surface area (Å²) in [6.45, 7) is 0. The molecule has 0 aliphatic rings. The molecule has 0 spiro atoms. The zero-order valence-corrected chi connectivity index (χ0v) is 8.79. The summed E-state index contributed by atoms with van der Waals surface area (Å²) in [7, 11) is 0. The molecule has 7 heteroatoms. The molecule has 0 unspecified atom stereocenters. The minimum absolute atomic E-state index is 0.334. The number of hydrazine groups is 1. The van der Waals surface area contributed by atoms with Crippen molar-refractivity contribution in [3.05, 3.63) is 42.4 Å². The molecule has 2 heterocycles. The second-order valence-corrected chi connectivity index (χ2v) is 3.13. The molecule has 7 nitrogen and oxygen atoms in total. The lowest BCUT2D eigenvalue weighted by Gasteiger charge is -2.07. The monoisotopic (exact) mass is 230 g/mol. The van der Waals surface area contributed by atoms with Crippen LogP contribution < -0.4 is 16.6 Å². The minimum Gasteiger partial charge on any atom is -0.323 e. The Morgan fingerprint density at radius 1 is 1.29 bits per heavy atom. The van der Waals surface area contributed by atoms with Crippen molar-refractivity contribution in [3.63, 3.8) is 0 Å². The van der Waals surface area contributed by atoms with Gasteiger partial charge in [-0.1, -0.05) is 0 Å². The molecule has 0 bridgehead atoms. The van der Waals surface area contributed by atoms with Gasteiger partial charge in [0.2, 0.25) is 0 Å². The number of amides is 1. The number of hydrogen-bond donors (Lipinski definition) is 3. The standard InChI is InChI=1S/C10H10N6O/c11-15-8-3-5-12-6-7(8)10(17)14-9-2-1-4-13-16-9/h1-6H,11H2,(H,12,15)(H,14,16,17). The molecule has 1 amide bonds. The maximum atomic E-state index is 11.9. The van der Waals surface area contributed by atoms with Gasteiger partial charge < -0.3 is 10.7 Å². The fraction of sp³-hybridized carbons (Fsp3) is 0. The Labute approximate surface area is 97.1 Å². The molecule has 0 aromatic carbocycles. The van der Waals surface area contributed by atoms with Crippen LogP contribution in [0.2, 0.25) is 0 Å². The van der Waals surface area contributed by atoms with Gasteiger partial charge in [0.15, 0.2) is 5.82 Å². The van der Waals surface area contributed by atoms with Crippen LogP contribution in [0.1, 0.15) is 10.4 Å². The van der Waals surface area contributed by atoms with E-state index in [9.17, 15) is 4.79 Å². The Kier molecular flexibility index (Phi) is 3.22. The number of nitrogen functional groups attached to an aromatic ring is 1. The molecule has 0 aliphatic heterocycles. The lowest BCUT2D eigenvalue weighted by molar-refractivity contribution is 0.102. The molecule has 2 aromatic rings. The number of carbonyl (C=O) groups excluding carboxylic acids is 1. The lowest BCUT2D eigenvalue weighted by atomic mass is 10.2. The van der Waals surface area contributed by atoms with Gasteiger partial charge in [0.25, 0.3) is 5.91 Å². The summed E-state index contributed by atoms with van der Waals surface area (Å²) < 4.78 is 0. The third-order valence-electron chi connectivity index (χ3n) is 2.04. The van der Waals surface area contributed by atoms with Crippen molar-refractivity contribution in [1.82, 2.24) is 15.2 Å². The van der Waals surface area contributed by atoms with Crippen molar-refractivity contribution in [1.29, 1.82) is 0 Å². The van der Waals surface area contributed by atoms with Gasteiger partial charge in [0.05, 0.1) is 11.3 Å². The van der Waals surface area contributed by atoms with Crippen molar-refractivity contribution < 1.29 is 4.79 Å². The predicted octanol–water partition coefficient (Wildman–Crippen LogP) is 0.409. The van der Waals surface area contributed by atoms with Gasteiger partial charge >= 0.3 is 0 Å². The molecule has 0 aliphatic carbocycles. The summed E-state index contributed by atoms with van der Waals surface area (Å²) in [5, 5.41) is 9.98. The molecule has 2 rings (SSSR count). The van der Waals surface area contributed by atoms with E-state index >= 15 is 0 Å². The van der Waals surface area contributed by atoms with Crippen LogP contribution in [0.25, 0.3) is 0 Å². The van der Waals surface area contributed by atoms with Crippen LogP contribution in [-0.2, 0) is 0 Å². The Morgan fingerprint density at radius 3 is 2.88 bits per heavy atom. The highest BCUT2D eigenvalue weighted by molar-refractivity contribution is 6.07. The van der Waals surface area contributed by atoms with Crippen molar-refractivity contribution in [3.8, 4) is 0 Å². The topological polar surface area (TPSA) is 106 Å². The van der Waals surface area contributed by atoms with Crippen molar-refractivity contribution >= 4 is 17.4 Å². The van der Waals surface area contributed by atoms with Crippen LogP contribution >= 0.6 is 0 Å². The zero-order valence-electron chi connectivity index (χ0n) is 8.79. The van der Waals surface area contributed by atoms with E-state index in [1.165, 1.54) is 18.6 Å². The summed E-state index contributed by atoms with van der Waals surface area (Å²) in [4.78, 5) is 15.7. The average molecular weight is 230 g/mol. The molecule has 0 atom stereocenters. The third-order valence-corrected chi connectivity index (χ3v) is 2.04. The van der Waals surface area contributed by atoms with Gasteiger partial charge in [-0.25, -0.2) is 0 Å². The van der Waals surface area contributed by atoms with Gasteiger partial charge in [-0.3, -0.25) is 15.6 Å². The van der Waals surface area contributed by atoms with E-state index in [1.807, 2.05) is 0 Å². The molecule has 4 N–H and O–H groups in total. The van der Waals surface area contributed by atoms with Crippen molar-refractivity contribution in [2.75, 3.05) is 10.7 Å². The van der Waals surface area contributed by atoms with E-state index in [2.05, 4.69) is 25.9 Å². The molecule has 0 fully saturated rings. The van der Waals surface area contributed by atoms with Crippen molar-refractivity contribution in [2.24, 2.45) is 5.84 Å². The fourth-order valence-corrected chi connectivity index (χ4v) is 1.25. The number of pyridine rings is 1. The number of hydrogen-bond acceptors (Lipinski definition) is 6. The van der Waals surface area contributed by atoms with E-state index < -0.39 is 0 Å². The summed E-state index contributed by atoms with van der Waals surface area (Å²) in [6, 6.07) is 4.91. The molecule has 0 radical (unpaired) electrons.